The lowest BCUT2D eigenvalue weighted by atomic mass is 9.96. The van der Waals surface area contributed by atoms with Crippen LogP contribution in [0.3, 0.4) is 0 Å². The Morgan fingerprint density at radius 3 is 2.47 bits per heavy atom. The highest BCUT2D eigenvalue weighted by Gasteiger charge is 2.32. The highest BCUT2D eigenvalue weighted by atomic mass is 19.1. The van der Waals surface area contributed by atoms with E-state index in [-0.39, 0.29) is 66.7 Å². The number of nitrogens with one attached hydrogen (secondary N) is 1. The monoisotopic (exact) mass is 800 g/mol. The van der Waals surface area contributed by atoms with Crippen molar-refractivity contribution in [2.75, 3.05) is 25.6 Å². The molecule has 0 bridgehead atoms. The molecule has 0 spiro atoms. The lowest BCUT2D eigenvalue weighted by Gasteiger charge is -2.26. The standard InChI is InChI=1S/C40H42F2N8O8/c1-3-32(58-40(53)56-30-13-8-7-12-29(30)41)57-39-48-36(49-50(39)38-44-18-9-19-45-38)34(28-22-27(54-2)23-31(33(28)42)55-21-20-51)46-26-16-14-24(15-17-26)35(43)47-37(52)25-10-5-4-6-11-25/h4-6,9-11,14-19,22-23,29-30,32,34,46,51H,3,7-8,12-13,20-21H2,1-2H3,(H2,43,47,52)/t29-,30-,32?,34-/m1/s1. The van der Waals surface area contributed by atoms with Crippen LogP contribution in [-0.4, -0.2) is 86.6 Å². The van der Waals surface area contributed by atoms with E-state index in [2.05, 4.69) is 30.4 Å². The Kier molecular flexibility index (Phi) is 13.7. The molecule has 3 aromatic carbocycles. The lowest BCUT2D eigenvalue weighted by molar-refractivity contribution is -0.0919. The Bertz CT molecular complexity index is 2180. The zero-order valence-corrected chi connectivity index (χ0v) is 31.7. The summed E-state index contributed by atoms with van der Waals surface area (Å²) in [6.07, 6.45) is 0.489. The summed E-state index contributed by atoms with van der Waals surface area (Å²) in [6.45, 7) is 1.10. The first-order valence-electron chi connectivity index (χ1n) is 18.5. The summed E-state index contributed by atoms with van der Waals surface area (Å²) in [4.78, 5) is 42.6. The number of amidine groups is 1. The van der Waals surface area contributed by atoms with Crippen LogP contribution in [0.2, 0.25) is 0 Å². The molecule has 5 aromatic rings. The van der Waals surface area contributed by atoms with E-state index < -0.39 is 42.5 Å². The molecule has 4 atom stereocenters. The molecule has 18 heteroatoms. The minimum Gasteiger partial charge on any atom is -0.497 e. The molecule has 58 heavy (non-hydrogen) atoms. The van der Waals surface area contributed by atoms with Gasteiger partial charge in [-0.15, -0.1) is 9.78 Å². The van der Waals surface area contributed by atoms with Gasteiger partial charge in [-0.1, -0.05) is 31.5 Å². The second kappa shape index (κ2) is 19.4. The average molecular weight is 801 g/mol. The number of alkyl halides is 1. The molecule has 0 saturated heterocycles. The van der Waals surface area contributed by atoms with Crippen molar-refractivity contribution in [3.63, 3.8) is 0 Å². The van der Waals surface area contributed by atoms with E-state index in [4.69, 9.17) is 29.4 Å². The molecular formula is C40H42F2N8O8. The molecule has 1 unspecified atom stereocenters. The number of aliphatic imine (C=N–C) groups is 1. The van der Waals surface area contributed by atoms with Crippen molar-refractivity contribution < 1.29 is 47.2 Å². The number of benzene rings is 3. The Morgan fingerprint density at radius 1 is 1.03 bits per heavy atom. The summed E-state index contributed by atoms with van der Waals surface area (Å²) in [6, 6.07) is 17.9. The van der Waals surface area contributed by atoms with Crippen LogP contribution in [0, 0.1) is 5.82 Å². The number of aliphatic hydroxyl groups is 1. The molecule has 2 heterocycles. The third-order valence-corrected chi connectivity index (χ3v) is 8.93. The molecule has 1 saturated carbocycles. The summed E-state index contributed by atoms with van der Waals surface area (Å²) in [7, 11) is 1.39. The first-order chi connectivity index (χ1) is 28.2. The first kappa shape index (κ1) is 41.0. The summed E-state index contributed by atoms with van der Waals surface area (Å²) in [5, 5.41) is 17.3. The second-order valence-corrected chi connectivity index (χ2v) is 12.9. The van der Waals surface area contributed by atoms with Gasteiger partial charge in [-0.3, -0.25) is 4.79 Å². The Balaban J connectivity index is 1.36. The average Bonchev–Trinajstić information content (AvgIpc) is 3.67. The van der Waals surface area contributed by atoms with Crippen LogP contribution in [-0.2, 0) is 9.47 Å². The zero-order valence-electron chi connectivity index (χ0n) is 31.7. The van der Waals surface area contributed by atoms with E-state index in [0.29, 0.717) is 29.7 Å². The van der Waals surface area contributed by atoms with E-state index >= 15 is 4.39 Å². The Hall–Kier alpha value is -6.69. The quantitative estimate of drug-likeness (QED) is 0.0462. The summed E-state index contributed by atoms with van der Waals surface area (Å²) in [5.41, 5.74) is 7.39. The number of hydrogen-bond donors (Lipinski definition) is 3. The van der Waals surface area contributed by atoms with Crippen molar-refractivity contribution >= 4 is 23.6 Å². The smallest absolute Gasteiger partial charge is 0.497 e. The fraction of sp³-hybridized carbons (Fsp3) is 0.325. The number of rotatable bonds is 16. The summed E-state index contributed by atoms with van der Waals surface area (Å²) < 4.78 is 59.8. The SMILES string of the molecule is CCC(OC(=O)O[C@@H]1CCCC[C@H]1F)Oc1nc([C@H](Nc2ccc(/C(N)=N/C(=O)c3ccccc3)cc2)c2cc(OC)cc(OCCO)c2F)nn1-c1ncccn1. The van der Waals surface area contributed by atoms with Gasteiger partial charge in [0.1, 0.15) is 36.5 Å². The minimum absolute atomic E-state index is 0.0113. The molecule has 1 aliphatic carbocycles. The molecular weight excluding hydrogens is 758 g/mol. The molecule has 0 radical (unpaired) electrons. The Morgan fingerprint density at radius 2 is 1.78 bits per heavy atom. The summed E-state index contributed by atoms with van der Waals surface area (Å²) in [5.74, 6) is -1.41. The number of carbonyl (C=O) groups excluding carboxylic acids is 2. The van der Waals surface area contributed by atoms with E-state index in [1.165, 1.54) is 31.6 Å². The minimum atomic E-state index is -1.30. The van der Waals surface area contributed by atoms with Gasteiger partial charge in [-0.2, -0.15) is 9.98 Å². The topological polar surface area (TPSA) is 207 Å². The number of anilines is 1. The van der Waals surface area contributed by atoms with Gasteiger partial charge in [0, 0.05) is 47.3 Å². The maximum atomic E-state index is 16.5. The number of carbonyl (C=O) groups is 2. The maximum absolute atomic E-state index is 16.5. The van der Waals surface area contributed by atoms with Gasteiger partial charge < -0.3 is 39.8 Å². The van der Waals surface area contributed by atoms with Crippen LogP contribution in [0.15, 0.2) is 90.2 Å². The number of nitrogens with two attached hydrogens (primary N) is 1. The predicted molar refractivity (Wildman–Crippen MR) is 205 cm³/mol. The molecule has 1 amide bonds. The van der Waals surface area contributed by atoms with Gasteiger partial charge in [-0.25, -0.2) is 23.5 Å². The van der Waals surface area contributed by atoms with E-state index in [9.17, 15) is 19.1 Å². The van der Waals surface area contributed by atoms with Gasteiger partial charge in [-0.05, 0) is 67.8 Å². The van der Waals surface area contributed by atoms with Gasteiger partial charge in [0.05, 0.1) is 13.7 Å². The number of hydrogen-bond acceptors (Lipinski definition) is 13. The van der Waals surface area contributed by atoms with Crippen LogP contribution in [0.5, 0.6) is 17.5 Å². The van der Waals surface area contributed by atoms with Gasteiger partial charge in [0.25, 0.3) is 18.1 Å². The van der Waals surface area contributed by atoms with E-state index in [1.807, 2.05) is 0 Å². The molecule has 1 aliphatic rings. The first-order valence-corrected chi connectivity index (χ1v) is 18.5. The second-order valence-electron chi connectivity index (χ2n) is 12.9. The normalized spacial score (nSPS) is 16.5. The predicted octanol–water partition coefficient (Wildman–Crippen LogP) is 5.87. The zero-order chi connectivity index (χ0) is 41.0. The molecule has 4 N–H and O–H groups in total. The highest BCUT2D eigenvalue weighted by molar-refractivity contribution is 6.08. The van der Waals surface area contributed by atoms with Crippen LogP contribution < -0.4 is 25.3 Å². The van der Waals surface area contributed by atoms with Gasteiger partial charge in [0.15, 0.2) is 17.4 Å². The molecule has 2 aromatic heterocycles. The fourth-order valence-corrected chi connectivity index (χ4v) is 5.98. The number of aromatic nitrogens is 5. The molecule has 6 rings (SSSR count). The van der Waals surface area contributed by atoms with Crippen molar-refractivity contribution in [1.29, 1.82) is 0 Å². The van der Waals surface area contributed by atoms with Crippen molar-refractivity contribution in [2.45, 2.75) is 63.6 Å². The van der Waals surface area contributed by atoms with Crippen molar-refractivity contribution in [2.24, 2.45) is 10.7 Å². The number of amides is 1. The highest BCUT2D eigenvalue weighted by Crippen LogP contribution is 2.36. The van der Waals surface area contributed by atoms with Gasteiger partial charge >= 0.3 is 12.2 Å². The van der Waals surface area contributed by atoms with Gasteiger partial charge in [0.2, 0.25) is 0 Å². The number of nitrogens with zero attached hydrogens (tertiary/aromatic N) is 6. The largest absolute Gasteiger partial charge is 0.511 e. The van der Waals surface area contributed by atoms with Crippen molar-refractivity contribution in [1.82, 2.24) is 24.7 Å². The third-order valence-electron chi connectivity index (χ3n) is 8.93. The lowest BCUT2D eigenvalue weighted by Crippen LogP contribution is -2.34. The third kappa shape index (κ3) is 10.2. The number of aliphatic hydroxyl groups excluding tert-OH is 1. The van der Waals surface area contributed by atoms with Crippen molar-refractivity contribution in [3.8, 4) is 23.5 Å². The number of halogens is 2. The van der Waals surface area contributed by atoms with Crippen LogP contribution >= 0.6 is 0 Å². The number of ether oxygens (including phenoxy) is 5. The maximum Gasteiger partial charge on any atom is 0.511 e. The molecule has 1 fully saturated rings. The van der Waals surface area contributed by atoms with Crippen LogP contribution in [0.4, 0.5) is 19.3 Å². The molecule has 0 aliphatic heterocycles. The Labute approximate surface area is 332 Å². The fourth-order valence-electron chi connectivity index (χ4n) is 5.98. The molecule has 304 valence electrons. The molecule has 16 nitrogen and oxygen atoms in total. The van der Waals surface area contributed by atoms with Crippen molar-refractivity contribution in [3.05, 3.63) is 114 Å². The van der Waals surface area contributed by atoms with Crippen LogP contribution in [0.25, 0.3) is 5.95 Å². The van der Waals surface area contributed by atoms with E-state index in [0.717, 1.165) is 11.1 Å². The van der Waals surface area contributed by atoms with Crippen LogP contribution in [0.1, 0.15) is 72.4 Å². The summed E-state index contributed by atoms with van der Waals surface area (Å²) >= 11 is 0. The number of methoxy groups -OCH3 is 1. The van der Waals surface area contributed by atoms with E-state index in [1.54, 1.807) is 67.6 Å².